The van der Waals surface area contributed by atoms with E-state index in [0.29, 0.717) is 0 Å². The maximum Gasteiger partial charge on any atom is 0.145 e. The second kappa shape index (κ2) is 14.9. The molecule has 13 rings (SSSR count). The highest BCUT2D eigenvalue weighted by molar-refractivity contribution is 6.12. The highest BCUT2D eigenvalue weighted by Crippen LogP contribution is 2.39. The molecule has 0 spiro atoms. The third-order valence-corrected chi connectivity index (χ3v) is 12.9. The van der Waals surface area contributed by atoms with Gasteiger partial charge in [-0.3, -0.25) is 9.55 Å². The van der Waals surface area contributed by atoms with Gasteiger partial charge in [-0.05, 0) is 125 Å². The van der Waals surface area contributed by atoms with E-state index >= 15 is 0 Å². The smallest absolute Gasteiger partial charge is 0.145 e. The Morgan fingerprint density at radius 2 is 0.754 bits per heavy atom. The van der Waals surface area contributed by atoms with Crippen LogP contribution >= 0.6 is 0 Å². The molecule has 5 nitrogen and oxygen atoms in total. The van der Waals surface area contributed by atoms with Gasteiger partial charge in [0.05, 0.1) is 38.8 Å². The highest BCUT2D eigenvalue weighted by Gasteiger charge is 2.19. The van der Waals surface area contributed by atoms with Crippen LogP contribution in [-0.2, 0) is 0 Å². The summed E-state index contributed by atoms with van der Waals surface area (Å²) >= 11 is 0. The van der Waals surface area contributed by atoms with Gasteiger partial charge in [0.15, 0.2) is 0 Å². The lowest BCUT2D eigenvalue weighted by atomic mass is 10.0. The maximum absolute atomic E-state index is 5.18. The van der Waals surface area contributed by atoms with E-state index in [2.05, 4.69) is 231 Å². The van der Waals surface area contributed by atoms with Crippen molar-refractivity contribution in [2.24, 2.45) is 0 Å². The van der Waals surface area contributed by atoms with Crippen LogP contribution in [-0.4, -0.2) is 23.7 Å². The fraction of sp³-hybridized carbons (Fsp3) is 0. The minimum Gasteiger partial charge on any atom is -0.309 e. The molecule has 0 saturated carbocycles. The van der Waals surface area contributed by atoms with Gasteiger partial charge in [-0.15, -0.1) is 0 Å². The van der Waals surface area contributed by atoms with E-state index in [1.54, 1.807) is 0 Å². The summed E-state index contributed by atoms with van der Waals surface area (Å²) in [4.78, 5) is 9.79. The first-order valence-corrected chi connectivity index (χ1v) is 22.1. The van der Waals surface area contributed by atoms with Crippen LogP contribution in [0.2, 0.25) is 0 Å². The molecular weight excluding hydrogens is 791 g/mol. The minimum atomic E-state index is 0.890. The summed E-state index contributed by atoms with van der Waals surface area (Å²) in [5.41, 5.74) is 17.9. The van der Waals surface area contributed by atoms with Crippen LogP contribution in [0, 0.1) is 0 Å². The molecule has 304 valence electrons. The van der Waals surface area contributed by atoms with Gasteiger partial charge in [0.2, 0.25) is 0 Å². The third kappa shape index (κ3) is 6.09. The highest BCUT2D eigenvalue weighted by atomic mass is 15.1. The number of para-hydroxylation sites is 4. The van der Waals surface area contributed by atoms with Crippen molar-refractivity contribution in [3.05, 3.63) is 237 Å². The van der Waals surface area contributed by atoms with E-state index in [1.165, 1.54) is 65.9 Å². The van der Waals surface area contributed by atoms with Crippen molar-refractivity contribution in [1.82, 2.24) is 23.7 Å². The molecule has 5 heteroatoms. The first-order chi connectivity index (χ1) is 32.2. The van der Waals surface area contributed by atoms with Crippen LogP contribution in [0.15, 0.2) is 237 Å². The minimum absolute atomic E-state index is 0.890. The molecule has 4 heterocycles. The number of aromatic nitrogens is 5. The number of imidazole rings is 1. The lowest BCUT2D eigenvalue weighted by Crippen LogP contribution is -1.99. The Morgan fingerprint density at radius 1 is 0.277 bits per heavy atom. The van der Waals surface area contributed by atoms with Crippen LogP contribution in [0.25, 0.3) is 117 Å². The van der Waals surface area contributed by atoms with Gasteiger partial charge in [-0.1, -0.05) is 127 Å². The maximum atomic E-state index is 5.18. The first-order valence-electron chi connectivity index (χ1n) is 22.1. The molecular formula is C60H39N5. The molecule has 0 N–H and O–H groups in total. The normalized spacial score (nSPS) is 11.7. The summed E-state index contributed by atoms with van der Waals surface area (Å²) in [6.07, 6.45) is 1.84. The fourth-order valence-electron chi connectivity index (χ4n) is 9.88. The number of nitrogens with zero attached hydrogens (tertiary/aromatic N) is 5. The zero-order valence-corrected chi connectivity index (χ0v) is 35.3. The summed E-state index contributed by atoms with van der Waals surface area (Å²) < 4.78 is 7.05. The quantitative estimate of drug-likeness (QED) is 0.161. The predicted molar refractivity (Wildman–Crippen MR) is 269 cm³/mol. The summed E-state index contributed by atoms with van der Waals surface area (Å²) in [6.45, 7) is 0. The molecule has 0 radical (unpaired) electrons. The standard InChI is InChI=1S/C60H39N5/c1-2-13-40(14-3-1)41-24-28-46(29-25-41)63-55-21-7-4-17-49(55)51-38-42(26-34-57(51)63)43-27-35-58-52(39-43)50-18-5-8-22-56(50)64(58)47-30-32-48(33-31-47)65-59-23-9-6-20-54(59)62-60(65)45-16-12-15-44(37-45)53-19-10-11-36-61-53/h1-39H. The molecule has 0 aliphatic carbocycles. The number of hydrogen-bond acceptors (Lipinski definition) is 2. The summed E-state index contributed by atoms with van der Waals surface area (Å²) in [5.74, 6) is 0.890. The van der Waals surface area contributed by atoms with Gasteiger partial charge < -0.3 is 9.13 Å². The number of rotatable bonds is 7. The third-order valence-electron chi connectivity index (χ3n) is 12.9. The molecule has 0 amide bonds. The van der Waals surface area contributed by atoms with E-state index in [0.717, 1.165) is 50.7 Å². The van der Waals surface area contributed by atoms with Crippen LogP contribution in [0.5, 0.6) is 0 Å². The van der Waals surface area contributed by atoms with Gasteiger partial charge in [0, 0.05) is 55.9 Å². The van der Waals surface area contributed by atoms with E-state index < -0.39 is 0 Å². The van der Waals surface area contributed by atoms with Crippen molar-refractivity contribution in [3.8, 4) is 62.0 Å². The second-order valence-electron chi connectivity index (χ2n) is 16.7. The second-order valence-corrected chi connectivity index (χ2v) is 16.7. The molecule has 0 fully saturated rings. The SMILES string of the molecule is c1ccc(-c2ccc(-n3c4ccccc4c4cc(-c5ccc6c(c5)c5ccccc5n6-c5ccc(-n6c(-c7cccc(-c8ccccn8)c7)nc7ccccc76)cc5)ccc43)cc2)cc1. The number of fused-ring (bicyclic) bond motifs is 7. The molecule has 0 aliphatic rings. The predicted octanol–water partition coefficient (Wildman–Crippen LogP) is 15.3. The summed E-state index contributed by atoms with van der Waals surface area (Å²) in [5, 5.41) is 4.92. The van der Waals surface area contributed by atoms with Crippen molar-refractivity contribution in [1.29, 1.82) is 0 Å². The van der Waals surface area contributed by atoms with Gasteiger partial charge in [-0.2, -0.15) is 0 Å². The van der Waals surface area contributed by atoms with Crippen molar-refractivity contribution < 1.29 is 0 Å². The molecule has 13 aromatic rings. The monoisotopic (exact) mass is 829 g/mol. The summed E-state index contributed by atoms with van der Waals surface area (Å²) in [7, 11) is 0. The van der Waals surface area contributed by atoms with Gasteiger partial charge >= 0.3 is 0 Å². The van der Waals surface area contributed by atoms with E-state index in [1.807, 2.05) is 24.4 Å². The average molecular weight is 830 g/mol. The van der Waals surface area contributed by atoms with E-state index in [-0.39, 0.29) is 0 Å². The van der Waals surface area contributed by atoms with Crippen LogP contribution in [0.3, 0.4) is 0 Å². The van der Waals surface area contributed by atoms with Gasteiger partial charge in [-0.25, -0.2) is 4.98 Å². The Hall–Kier alpha value is -8.80. The Bertz CT molecular complexity index is 3910. The average Bonchev–Trinajstić information content (AvgIpc) is 4.05. The van der Waals surface area contributed by atoms with Gasteiger partial charge in [0.25, 0.3) is 0 Å². The number of benzene rings is 9. The largest absolute Gasteiger partial charge is 0.309 e. The lowest BCUT2D eigenvalue weighted by Gasteiger charge is -2.13. The fourth-order valence-corrected chi connectivity index (χ4v) is 9.88. The first kappa shape index (κ1) is 36.8. The van der Waals surface area contributed by atoms with E-state index in [9.17, 15) is 0 Å². The lowest BCUT2D eigenvalue weighted by molar-refractivity contribution is 1.09. The van der Waals surface area contributed by atoms with Crippen molar-refractivity contribution in [2.75, 3.05) is 0 Å². The number of pyridine rings is 1. The van der Waals surface area contributed by atoms with Crippen molar-refractivity contribution in [3.63, 3.8) is 0 Å². The Morgan fingerprint density at radius 3 is 1.38 bits per heavy atom. The molecule has 0 atom stereocenters. The Labute approximate surface area is 375 Å². The van der Waals surface area contributed by atoms with Crippen molar-refractivity contribution in [2.45, 2.75) is 0 Å². The zero-order valence-electron chi connectivity index (χ0n) is 35.3. The molecule has 65 heavy (non-hydrogen) atoms. The Balaban J connectivity index is 0.888. The number of hydrogen-bond donors (Lipinski definition) is 0. The Kier molecular flexibility index (Phi) is 8.46. The molecule has 0 bridgehead atoms. The van der Waals surface area contributed by atoms with E-state index in [4.69, 9.17) is 4.98 Å². The molecule has 0 saturated heterocycles. The van der Waals surface area contributed by atoms with Gasteiger partial charge in [0.1, 0.15) is 5.82 Å². The van der Waals surface area contributed by atoms with Crippen LogP contribution in [0.4, 0.5) is 0 Å². The molecule has 4 aromatic heterocycles. The molecule has 0 unspecified atom stereocenters. The van der Waals surface area contributed by atoms with Crippen molar-refractivity contribution >= 4 is 54.6 Å². The van der Waals surface area contributed by atoms with Crippen LogP contribution in [0.1, 0.15) is 0 Å². The zero-order chi connectivity index (χ0) is 42.8. The topological polar surface area (TPSA) is 40.6 Å². The molecule has 0 aliphatic heterocycles. The summed E-state index contributed by atoms with van der Waals surface area (Å²) in [6, 6.07) is 82.6. The molecule has 9 aromatic carbocycles. The van der Waals surface area contributed by atoms with Crippen LogP contribution < -0.4 is 0 Å².